The van der Waals surface area contributed by atoms with Crippen molar-refractivity contribution in [1.29, 1.82) is 0 Å². The van der Waals surface area contributed by atoms with Crippen LogP contribution in [0.2, 0.25) is 5.02 Å². The summed E-state index contributed by atoms with van der Waals surface area (Å²) in [5.74, 6) is 0.579. The zero-order valence-electron chi connectivity index (χ0n) is 16.3. The summed E-state index contributed by atoms with van der Waals surface area (Å²) in [6.45, 7) is 2.28. The summed E-state index contributed by atoms with van der Waals surface area (Å²) >= 11 is 6.11. The van der Waals surface area contributed by atoms with Crippen LogP contribution in [-0.2, 0) is 0 Å². The van der Waals surface area contributed by atoms with Crippen LogP contribution in [0.5, 0.6) is 5.75 Å². The van der Waals surface area contributed by atoms with Gasteiger partial charge in [-0.25, -0.2) is 9.97 Å². The van der Waals surface area contributed by atoms with E-state index in [0.717, 1.165) is 25.9 Å². The van der Waals surface area contributed by atoms with Crippen molar-refractivity contribution < 1.29 is 14.3 Å². The van der Waals surface area contributed by atoms with Gasteiger partial charge in [0.05, 0.1) is 18.3 Å². The Hall–Kier alpha value is -2.87. The third-order valence-corrected chi connectivity index (χ3v) is 4.91. The number of hydrogen-bond donors (Lipinski definition) is 2. The molecule has 2 amide bonds. The predicted octanol–water partition coefficient (Wildman–Crippen LogP) is 2.29. The van der Waals surface area contributed by atoms with Crippen LogP contribution < -0.4 is 20.3 Å². The quantitative estimate of drug-likeness (QED) is 0.671. The Balaban J connectivity index is 1.50. The van der Waals surface area contributed by atoms with Crippen LogP contribution >= 0.6 is 11.6 Å². The molecule has 0 aliphatic carbocycles. The molecule has 9 heteroatoms. The highest BCUT2D eigenvalue weighted by atomic mass is 35.5. The molecule has 3 rings (SSSR count). The van der Waals surface area contributed by atoms with Gasteiger partial charge < -0.3 is 20.3 Å². The van der Waals surface area contributed by atoms with E-state index >= 15 is 0 Å². The molecule has 154 valence electrons. The second kappa shape index (κ2) is 10.1. The first-order chi connectivity index (χ1) is 14.1. The van der Waals surface area contributed by atoms with E-state index in [-0.39, 0.29) is 29.7 Å². The van der Waals surface area contributed by atoms with Gasteiger partial charge in [0.15, 0.2) is 5.69 Å². The number of hydrogen-bond acceptors (Lipinski definition) is 6. The first kappa shape index (κ1) is 20.9. The van der Waals surface area contributed by atoms with Gasteiger partial charge in [-0.2, -0.15) is 0 Å². The average molecular weight is 418 g/mol. The van der Waals surface area contributed by atoms with Crippen molar-refractivity contribution in [2.45, 2.75) is 19.3 Å². The molecule has 2 heterocycles. The summed E-state index contributed by atoms with van der Waals surface area (Å²) in [6.07, 6.45) is 4.82. The fourth-order valence-corrected chi connectivity index (χ4v) is 3.22. The van der Waals surface area contributed by atoms with E-state index in [1.807, 2.05) is 0 Å². The Morgan fingerprint density at radius 1 is 1.07 bits per heavy atom. The summed E-state index contributed by atoms with van der Waals surface area (Å²) in [4.78, 5) is 35.2. The van der Waals surface area contributed by atoms with Gasteiger partial charge in [0, 0.05) is 31.7 Å². The molecule has 0 radical (unpaired) electrons. The number of amides is 2. The summed E-state index contributed by atoms with van der Waals surface area (Å²) in [7, 11) is 1.57. The molecule has 29 heavy (non-hydrogen) atoms. The predicted molar refractivity (Wildman–Crippen MR) is 111 cm³/mol. The minimum absolute atomic E-state index is 0.142. The van der Waals surface area contributed by atoms with Crippen LogP contribution in [0, 0.1) is 0 Å². The lowest BCUT2D eigenvalue weighted by atomic mass is 10.1. The summed E-state index contributed by atoms with van der Waals surface area (Å²) in [6, 6.07) is 6.78. The third kappa shape index (κ3) is 5.57. The summed E-state index contributed by atoms with van der Waals surface area (Å²) in [5.41, 5.74) is 0.658. The number of carbonyl (C=O) groups is 2. The fraction of sp³-hybridized carbons (Fsp3) is 0.400. The zero-order valence-corrected chi connectivity index (χ0v) is 17.0. The van der Waals surface area contributed by atoms with E-state index < -0.39 is 5.91 Å². The first-order valence-corrected chi connectivity index (χ1v) is 9.94. The Kier molecular flexibility index (Phi) is 7.24. The van der Waals surface area contributed by atoms with E-state index in [1.54, 1.807) is 31.4 Å². The molecular weight excluding hydrogens is 394 g/mol. The molecule has 1 saturated heterocycles. The van der Waals surface area contributed by atoms with Crippen molar-refractivity contribution in [2.75, 3.05) is 38.2 Å². The topological polar surface area (TPSA) is 96.5 Å². The SMILES string of the molecule is COc1ccc(C(=O)NCCNC(=O)c2nc(N3CCCCC3)ncc2Cl)cc1. The van der Waals surface area contributed by atoms with E-state index in [4.69, 9.17) is 16.3 Å². The molecule has 0 bridgehead atoms. The molecule has 1 aliphatic rings. The number of rotatable bonds is 7. The number of ether oxygens (including phenoxy) is 1. The minimum atomic E-state index is -0.394. The number of carbonyl (C=O) groups excluding carboxylic acids is 2. The van der Waals surface area contributed by atoms with Gasteiger partial charge in [-0.15, -0.1) is 0 Å². The van der Waals surface area contributed by atoms with Gasteiger partial charge in [0.1, 0.15) is 5.75 Å². The highest BCUT2D eigenvalue weighted by molar-refractivity contribution is 6.33. The third-order valence-electron chi connectivity index (χ3n) is 4.63. The van der Waals surface area contributed by atoms with Crippen LogP contribution in [0.3, 0.4) is 0 Å². The maximum absolute atomic E-state index is 12.5. The molecule has 0 unspecified atom stereocenters. The van der Waals surface area contributed by atoms with E-state index in [0.29, 0.717) is 17.3 Å². The highest BCUT2D eigenvalue weighted by Crippen LogP contribution is 2.19. The van der Waals surface area contributed by atoms with Gasteiger partial charge in [0.25, 0.3) is 11.8 Å². The van der Waals surface area contributed by atoms with Gasteiger partial charge in [0.2, 0.25) is 5.95 Å². The molecule has 0 saturated carbocycles. The lowest BCUT2D eigenvalue weighted by molar-refractivity contribution is 0.0925. The largest absolute Gasteiger partial charge is 0.497 e. The Labute approximate surface area is 174 Å². The Morgan fingerprint density at radius 2 is 1.72 bits per heavy atom. The van der Waals surface area contributed by atoms with E-state index in [9.17, 15) is 9.59 Å². The van der Waals surface area contributed by atoms with Crippen LogP contribution in [0.1, 0.15) is 40.1 Å². The van der Waals surface area contributed by atoms with E-state index in [1.165, 1.54) is 12.6 Å². The zero-order chi connectivity index (χ0) is 20.6. The first-order valence-electron chi connectivity index (χ1n) is 9.56. The molecule has 2 aromatic rings. The molecule has 2 N–H and O–H groups in total. The number of halogens is 1. The maximum atomic E-state index is 12.5. The molecule has 1 fully saturated rings. The standard InChI is InChI=1S/C20H24ClN5O3/c1-29-15-7-5-14(6-8-15)18(27)22-9-10-23-19(28)17-16(21)13-24-20(25-17)26-11-3-2-4-12-26/h5-8,13H,2-4,9-12H2,1H3,(H,22,27)(H,23,28). The lowest BCUT2D eigenvalue weighted by Gasteiger charge is -2.26. The van der Waals surface area contributed by atoms with Crippen molar-refractivity contribution in [3.8, 4) is 5.75 Å². The molecule has 0 spiro atoms. The number of nitrogens with one attached hydrogen (secondary N) is 2. The van der Waals surface area contributed by atoms with Crippen molar-refractivity contribution in [3.63, 3.8) is 0 Å². The molecule has 1 aromatic heterocycles. The monoisotopic (exact) mass is 417 g/mol. The summed E-state index contributed by atoms with van der Waals surface area (Å²) < 4.78 is 5.07. The van der Waals surface area contributed by atoms with E-state index in [2.05, 4.69) is 25.5 Å². The average Bonchev–Trinajstić information content (AvgIpc) is 2.77. The second-order valence-electron chi connectivity index (χ2n) is 6.65. The van der Waals surface area contributed by atoms with Crippen LogP contribution in [0.15, 0.2) is 30.5 Å². The summed E-state index contributed by atoms with van der Waals surface area (Å²) in [5, 5.41) is 5.68. The number of methoxy groups -OCH3 is 1. The number of aromatic nitrogens is 2. The number of anilines is 1. The smallest absolute Gasteiger partial charge is 0.271 e. The van der Waals surface area contributed by atoms with Crippen LogP contribution in [0.25, 0.3) is 0 Å². The maximum Gasteiger partial charge on any atom is 0.271 e. The van der Waals surface area contributed by atoms with Gasteiger partial charge in [-0.3, -0.25) is 9.59 Å². The molecule has 1 aromatic carbocycles. The van der Waals surface area contributed by atoms with Crippen molar-refractivity contribution in [2.24, 2.45) is 0 Å². The van der Waals surface area contributed by atoms with Gasteiger partial charge >= 0.3 is 0 Å². The van der Waals surface area contributed by atoms with Gasteiger partial charge in [-0.05, 0) is 43.5 Å². The number of nitrogens with zero attached hydrogens (tertiary/aromatic N) is 3. The van der Waals surface area contributed by atoms with Crippen molar-refractivity contribution in [3.05, 3.63) is 46.7 Å². The Morgan fingerprint density at radius 3 is 2.38 bits per heavy atom. The van der Waals surface area contributed by atoms with Gasteiger partial charge in [-0.1, -0.05) is 11.6 Å². The minimum Gasteiger partial charge on any atom is -0.497 e. The van der Waals surface area contributed by atoms with Crippen LogP contribution in [-0.4, -0.2) is 55.1 Å². The number of benzene rings is 1. The normalized spacial score (nSPS) is 13.7. The molecule has 8 nitrogen and oxygen atoms in total. The Bertz CT molecular complexity index is 854. The fourth-order valence-electron chi connectivity index (χ4n) is 3.04. The van der Waals surface area contributed by atoms with Crippen molar-refractivity contribution in [1.82, 2.24) is 20.6 Å². The molecule has 1 aliphatic heterocycles. The lowest BCUT2D eigenvalue weighted by Crippen LogP contribution is -2.36. The molecule has 0 atom stereocenters. The van der Waals surface area contributed by atoms with Crippen LogP contribution in [0.4, 0.5) is 5.95 Å². The second-order valence-corrected chi connectivity index (χ2v) is 7.06. The highest BCUT2D eigenvalue weighted by Gasteiger charge is 2.18. The number of piperidine rings is 1. The molecular formula is C20H24ClN5O3. The van der Waals surface area contributed by atoms with Crippen molar-refractivity contribution >= 4 is 29.4 Å².